The maximum Gasteiger partial charge on any atom is 0.343 e. The maximum absolute atomic E-state index is 13.1. The molecule has 3 rings (SSSR count). The highest BCUT2D eigenvalue weighted by molar-refractivity contribution is 5.93. The van der Waals surface area contributed by atoms with Crippen LogP contribution in [0.4, 0.5) is 4.39 Å². The fourth-order valence-corrected chi connectivity index (χ4v) is 2.12. The van der Waals surface area contributed by atoms with Crippen LogP contribution in [0.2, 0.25) is 0 Å². The minimum atomic E-state index is -0.654. The van der Waals surface area contributed by atoms with E-state index in [1.165, 1.54) is 30.6 Å². The zero-order chi connectivity index (χ0) is 19.1. The molecule has 0 spiro atoms. The van der Waals surface area contributed by atoms with Crippen LogP contribution in [-0.4, -0.2) is 23.1 Å². The molecule has 0 aliphatic rings. The molecule has 2 aromatic carbocycles. The van der Waals surface area contributed by atoms with Crippen LogP contribution >= 0.6 is 0 Å². The first-order chi connectivity index (χ1) is 13.1. The second kappa shape index (κ2) is 8.48. The number of hydrogen-bond donors (Lipinski definition) is 1. The molecule has 0 radical (unpaired) electrons. The number of benzene rings is 2. The Labute approximate surface area is 154 Å². The Balaban J connectivity index is 1.57. The topological polar surface area (TPSA) is 80.6 Å². The number of carbonyl (C=O) groups is 2. The average Bonchev–Trinajstić information content (AvgIpc) is 2.70. The zero-order valence-electron chi connectivity index (χ0n) is 14.0. The van der Waals surface area contributed by atoms with E-state index in [1.807, 2.05) is 0 Å². The lowest BCUT2D eigenvalue weighted by Gasteiger charge is -2.04. The Bertz CT molecular complexity index is 973. The van der Waals surface area contributed by atoms with Crippen molar-refractivity contribution in [1.82, 2.24) is 10.4 Å². The molecule has 1 amide bonds. The van der Waals surface area contributed by atoms with Gasteiger partial charge in [-0.05, 0) is 60.2 Å². The highest BCUT2D eigenvalue weighted by Crippen LogP contribution is 2.14. The normalized spacial score (nSPS) is 10.6. The molecule has 7 heteroatoms. The van der Waals surface area contributed by atoms with Crippen molar-refractivity contribution in [2.45, 2.75) is 0 Å². The third-order valence-electron chi connectivity index (χ3n) is 3.43. The average molecular weight is 363 g/mol. The standard InChI is InChI=1S/C20H14FN3O3/c21-16-5-3-4-15(12-16)20(26)27-17-9-7-14(8-10-17)13-23-24-19(25)18-6-1-2-11-22-18/h1-13H,(H,24,25)/b23-13+. The highest BCUT2D eigenvalue weighted by Gasteiger charge is 2.09. The minimum absolute atomic E-state index is 0.123. The van der Waals surface area contributed by atoms with E-state index >= 15 is 0 Å². The third-order valence-corrected chi connectivity index (χ3v) is 3.43. The number of halogens is 1. The summed E-state index contributed by atoms with van der Waals surface area (Å²) < 4.78 is 18.3. The van der Waals surface area contributed by atoms with Gasteiger partial charge in [0.2, 0.25) is 0 Å². The molecule has 134 valence electrons. The van der Waals surface area contributed by atoms with E-state index in [1.54, 1.807) is 42.5 Å². The van der Waals surface area contributed by atoms with Crippen molar-refractivity contribution in [3.63, 3.8) is 0 Å². The number of rotatable bonds is 5. The predicted octanol–water partition coefficient (Wildman–Crippen LogP) is 3.20. The molecule has 0 fully saturated rings. The van der Waals surface area contributed by atoms with Crippen LogP contribution in [0.15, 0.2) is 78.0 Å². The molecule has 3 aromatic rings. The van der Waals surface area contributed by atoms with Crippen molar-refractivity contribution < 1.29 is 18.7 Å². The largest absolute Gasteiger partial charge is 0.423 e. The molecule has 1 N–H and O–H groups in total. The fraction of sp³-hybridized carbons (Fsp3) is 0. The van der Waals surface area contributed by atoms with Crippen LogP contribution in [0.1, 0.15) is 26.4 Å². The first kappa shape index (κ1) is 17.9. The molecule has 0 saturated heterocycles. The minimum Gasteiger partial charge on any atom is -0.423 e. The summed E-state index contributed by atoms with van der Waals surface area (Å²) in [5.41, 5.74) is 3.43. The van der Waals surface area contributed by atoms with Crippen LogP contribution in [0.3, 0.4) is 0 Å². The summed E-state index contributed by atoms with van der Waals surface area (Å²) >= 11 is 0. The summed E-state index contributed by atoms with van der Waals surface area (Å²) in [5, 5.41) is 3.85. The number of hydrazone groups is 1. The second-order valence-electron chi connectivity index (χ2n) is 5.38. The Hall–Kier alpha value is -3.87. The van der Waals surface area contributed by atoms with Crippen LogP contribution in [-0.2, 0) is 0 Å². The molecule has 0 atom stereocenters. The molecule has 0 aliphatic carbocycles. The molecular weight excluding hydrogens is 349 g/mol. The van der Waals surface area contributed by atoms with Crippen molar-refractivity contribution in [3.05, 3.63) is 95.6 Å². The number of nitrogens with one attached hydrogen (secondary N) is 1. The first-order valence-electron chi connectivity index (χ1n) is 7.94. The Morgan fingerprint density at radius 1 is 1.04 bits per heavy atom. The van der Waals surface area contributed by atoms with Crippen molar-refractivity contribution in [2.75, 3.05) is 0 Å². The van der Waals surface area contributed by atoms with E-state index in [0.717, 1.165) is 6.07 Å². The number of amides is 1. The van der Waals surface area contributed by atoms with Gasteiger partial charge in [-0.25, -0.2) is 14.6 Å². The molecule has 6 nitrogen and oxygen atoms in total. The summed E-state index contributed by atoms with van der Waals surface area (Å²) in [6.07, 6.45) is 2.96. The van der Waals surface area contributed by atoms with Crippen molar-refractivity contribution in [2.24, 2.45) is 5.10 Å². The summed E-state index contributed by atoms with van der Waals surface area (Å²) in [6, 6.07) is 16.7. The lowest BCUT2D eigenvalue weighted by atomic mass is 10.2. The fourth-order valence-electron chi connectivity index (χ4n) is 2.12. The molecule has 1 aromatic heterocycles. The predicted molar refractivity (Wildman–Crippen MR) is 97.1 cm³/mol. The third kappa shape index (κ3) is 5.05. The SMILES string of the molecule is O=C(Oc1ccc(/C=N/NC(=O)c2ccccn2)cc1)c1cccc(F)c1. The molecule has 0 saturated carbocycles. The second-order valence-corrected chi connectivity index (χ2v) is 5.38. The Morgan fingerprint density at radius 3 is 2.56 bits per heavy atom. The lowest BCUT2D eigenvalue weighted by Crippen LogP contribution is -2.18. The van der Waals surface area contributed by atoms with Gasteiger partial charge in [-0.15, -0.1) is 0 Å². The van der Waals surface area contributed by atoms with E-state index in [2.05, 4.69) is 15.5 Å². The lowest BCUT2D eigenvalue weighted by molar-refractivity contribution is 0.0734. The smallest absolute Gasteiger partial charge is 0.343 e. The summed E-state index contributed by atoms with van der Waals surface area (Å²) in [7, 11) is 0. The monoisotopic (exact) mass is 363 g/mol. The van der Waals surface area contributed by atoms with Gasteiger partial charge in [0.05, 0.1) is 11.8 Å². The molecule has 0 bridgehead atoms. The van der Waals surface area contributed by atoms with Crippen LogP contribution in [0.25, 0.3) is 0 Å². The van der Waals surface area contributed by atoms with Gasteiger partial charge in [-0.2, -0.15) is 5.10 Å². The van der Waals surface area contributed by atoms with Gasteiger partial charge >= 0.3 is 5.97 Å². The molecule has 27 heavy (non-hydrogen) atoms. The zero-order valence-corrected chi connectivity index (χ0v) is 14.0. The van der Waals surface area contributed by atoms with E-state index in [0.29, 0.717) is 11.3 Å². The number of nitrogens with zero attached hydrogens (tertiary/aromatic N) is 2. The Morgan fingerprint density at radius 2 is 1.85 bits per heavy atom. The number of aromatic nitrogens is 1. The van der Waals surface area contributed by atoms with E-state index < -0.39 is 17.7 Å². The van der Waals surface area contributed by atoms with E-state index in [4.69, 9.17) is 4.74 Å². The maximum atomic E-state index is 13.1. The highest BCUT2D eigenvalue weighted by atomic mass is 19.1. The van der Waals surface area contributed by atoms with Gasteiger partial charge < -0.3 is 4.74 Å². The van der Waals surface area contributed by atoms with Gasteiger partial charge in [0.25, 0.3) is 5.91 Å². The number of ether oxygens (including phenoxy) is 1. The number of hydrogen-bond acceptors (Lipinski definition) is 5. The van der Waals surface area contributed by atoms with Gasteiger partial charge in [0.1, 0.15) is 17.3 Å². The summed E-state index contributed by atoms with van der Waals surface area (Å²) in [5.74, 6) is -1.28. The Kier molecular flexibility index (Phi) is 5.64. The summed E-state index contributed by atoms with van der Waals surface area (Å²) in [6.45, 7) is 0. The van der Waals surface area contributed by atoms with E-state index in [-0.39, 0.29) is 11.3 Å². The van der Waals surface area contributed by atoms with Crippen LogP contribution in [0.5, 0.6) is 5.75 Å². The van der Waals surface area contributed by atoms with Crippen molar-refractivity contribution >= 4 is 18.1 Å². The van der Waals surface area contributed by atoms with Gasteiger partial charge in [0, 0.05) is 6.20 Å². The molecule has 0 unspecified atom stereocenters. The molecule has 0 aliphatic heterocycles. The first-order valence-corrected chi connectivity index (χ1v) is 7.94. The van der Waals surface area contributed by atoms with Gasteiger partial charge in [-0.1, -0.05) is 12.1 Å². The van der Waals surface area contributed by atoms with Crippen molar-refractivity contribution in [3.8, 4) is 5.75 Å². The quantitative estimate of drug-likeness (QED) is 0.327. The molecule has 1 heterocycles. The number of esters is 1. The number of pyridine rings is 1. The summed E-state index contributed by atoms with van der Waals surface area (Å²) in [4.78, 5) is 27.7. The van der Waals surface area contributed by atoms with E-state index in [9.17, 15) is 14.0 Å². The van der Waals surface area contributed by atoms with Crippen LogP contribution in [0, 0.1) is 5.82 Å². The number of carbonyl (C=O) groups excluding carboxylic acids is 2. The molecular formula is C20H14FN3O3. The van der Waals surface area contributed by atoms with Gasteiger partial charge in [0.15, 0.2) is 0 Å². The van der Waals surface area contributed by atoms with Crippen molar-refractivity contribution in [1.29, 1.82) is 0 Å². The van der Waals surface area contributed by atoms with Gasteiger partial charge in [-0.3, -0.25) is 9.78 Å². The van der Waals surface area contributed by atoms with Crippen LogP contribution < -0.4 is 10.2 Å².